The maximum absolute atomic E-state index is 11.8. The predicted octanol–water partition coefficient (Wildman–Crippen LogP) is 4.48. The molecule has 2 aromatic carbocycles. The standard InChI is InChI=1S/C17H12Cl2O4/c18-13-4-2-12(14(19)8-13)3-6-17(20)21-9-11-1-5-15-16(7-11)23-10-22-15/h1-8H,9-10H2/b6-3+. The fourth-order valence-electron chi connectivity index (χ4n) is 2.03. The molecule has 0 atom stereocenters. The summed E-state index contributed by atoms with van der Waals surface area (Å²) in [6.07, 6.45) is 2.91. The maximum atomic E-state index is 11.8. The first-order chi connectivity index (χ1) is 11.1. The van der Waals surface area contributed by atoms with Crippen LogP contribution in [0.15, 0.2) is 42.5 Å². The smallest absolute Gasteiger partial charge is 0.331 e. The Morgan fingerprint density at radius 3 is 2.78 bits per heavy atom. The Bertz CT molecular complexity index is 771. The van der Waals surface area contributed by atoms with Gasteiger partial charge in [-0.1, -0.05) is 35.3 Å². The molecule has 0 saturated carbocycles. The van der Waals surface area contributed by atoms with E-state index in [1.165, 1.54) is 6.08 Å². The number of hydrogen-bond donors (Lipinski definition) is 0. The number of carbonyl (C=O) groups is 1. The van der Waals surface area contributed by atoms with Gasteiger partial charge in [-0.25, -0.2) is 4.79 Å². The van der Waals surface area contributed by atoms with Crippen molar-refractivity contribution in [3.63, 3.8) is 0 Å². The monoisotopic (exact) mass is 350 g/mol. The SMILES string of the molecule is O=C(/C=C/c1ccc(Cl)cc1Cl)OCc1ccc2c(c1)OCO2. The van der Waals surface area contributed by atoms with Gasteiger partial charge in [0.15, 0.2) is 11.5 Å². The van der Waals surface area contributed by atoms with Gasteiger partial charge in [0, 0.05) is 16.1 Å². The molecule has 23 heavy (non-hydrogen) atoms. The zero-order valence-corrected chi connectivity index (χ0v) is 13.4. The van der Waals surface area contributed by atoms with Crippen molar-refractivity contribution in [2.24, 2.45) is 0 Å². The minimum atomic E-state index is -0.464. The normalized spacial score (nSPS) is 12.6. The van der Waals surface area contributed by atoms with Crippen LogP contribution < -0.4 is 9.47 Å². The molecule has 0 radical (unpaired) electrons. The number of rotatable bonds is 4. The molecule has 0 spiro atoms. The molecule has 0 fully saturated rings. The lowest BCUT2D eigenvalue weighted by Crippen LogP contribution is -2.00. The Labute approximate surface area is 143 Å². The average molecular weight is 351 g/mol. The van der Waals surface area contributed by atoms with Crippen molar-refractivity contribution in [3.8, 4) is 11.5 Å². The summed E-state index contributed by atoms with van der Waals surface area (Å²) < 4.78 is 15.7. The van der Waals surface area contributed by atoms with E-state index in [1.54, 1.807) is 36.4 Å². The van der Waals surface area contributed by atoms with Crippen LogP contribution in [-0.4, -0.2) is 12.8 Å². The highest BCUT2D eigenvalue weighted by Gasteiger charge is 2.13. The molecule has 1 heterocycles. The molecule has 0 amide bonds. The predicted molar refractivity (Wildman–Crippen MR) is 87.9 cm³/mol. The first-order valence-corrected chi connectivity index (χ1v) is 7.56. The van der Waals surface area contributed by atoms with Gasteiger partial charge in [-0.3, -0.25) is 0 Å². The second-order valence-corrected chi connectivity index (χ2v) is 5.64. The molecule has 0 bridgehead atoms. The summed E-state index contributed by atoms with van der Waals surface area (Å²) in [5, 5.41) is 1.01. The van der Waals surface area contributed by atoms with E-state index < -0.39 is 5.97 Å². The molecule has 4 nitrogen and oxygen atoms in total. The summed E-state index contributed by atoms with van der Waals surface area (Å²) in [5.41, 5.74) is 1.51. The van der Waals surface area contributed by atoms with Crippen molar-refractivity contribution >= 4 is 35.2 Å². The summed E-state index contributed by atoms with van der Waals surface area (Å²) in [5.74, 6) is 0.882. The average Bonchev–Trinajstić information content (AvgIpc) is 2.99. The first-order valence-electron chi connectivity index (χ1n) is 6.80. The highest BCUT2D eigenvalue weighted by molar-refractivity contribution is 6.35. The van der Waals surface area contributed by atoms with Crippen LogP contribution in [0.1, 0.15) is 11.1 Å². The van der Waals surface area contributed by atoms with Crippen molar-refractivity contribution < 1.29 is 19.0 Å². The van der Waals surface area contributed by atoms with Gasteiger partial charge in [0.1, 0.15) is 6.61 Å². The quantitative estimate of drug-likeness (QED) is 0.602. The Balaban J connectivity index is 1.58. The van der Waals surface area contributed by atoms with Crippen LogP contribution in [0.2, 0.25) is 10.0 Å². The molecular formula is C17H12Cl2O4. The molecule has 3 rings (SSSR count). The number of fused-ring (bicyclic) bond motifs is 1. The molecule has 0 unspecified atom stereocenters. The fraction of sp³-hybridized carbons (Fsp3) is 0.118. The number of esters is 1. The summed E-state index contributed by atoms with van der Waals surface area (Å²) in [4.78, 5) is 11.8. The zero-order valence-electron chi connectivity index (χ0n) is 11.9. The second kappa shape index (κ2) is 6.94. The molecule has 0 aliphatic carbocycles. The Morgan fingerprint density at radius 2 is 1.96 bits per heavy atom. The molecule has 6 heteroatoms. The molecule has 118 valence electrons. The van der Waals surface area contributed by atoms with Gasteiger partial charge in [-0.05, 0) is 41.5 Å². The largest absolute Gasteiger partial charge is 0.458 e. The summed E-state index contributed by atoms with van der Waals surface area (Å²) >= 11 is 11.8. The van der Waals surface area contributed by atoms with Crippen LogP contribution >= 0.6 is 23.2 Å². The van der Waals surface area contributed by atoms with Crippen LogP contribution in [-0.2, 0) is 16.1 Å². The van der Waals surface area contributed by atoms with E-state index in [-0.39, 0.29) is 13.4 Å². The van der Waals surface area contributed by atoms with Gasteiger partial charge >= 0.3 is 5.97 Å². The molecular weight excluding hydrogens is 339 g/mol. The van der Waals surface area contributed by atoms with Crippen molar-refractivity contribution in [1.29, 1.82) is 0 Å². The van der Waals surface area contributed by atoms with Crippen molar-refractivity contribution in [2.75, 3.05) is 6.79 Å². The Morgan fingerprint density at radius 1 is 1.13 bits per heavy atom. The maximum Gasteiger partial charge on any atom is 0.331 e. The van der Waals surface area contributed by atoms with Gasteiger partial charge in [0.2, 0.25) is 6.79 Å². The van der Waals surface area contributed by atoms with E-state index in [1.807, 2.05) is 6.07 Å². The number of halogens is 2. The number of carbonyl (C=O) groups excluding carboxylic acids is 1. The lowest BCUT2D eigenvalue weighted by Gasteiger charge is -2.04. The third kappa shape index (κ3) is 3.97. The molecule has 0 aromatic heterocycles. The molecule has 2 aromatic rings. The highest BCUT2D eigenvalue weighted by atomic mass is 35.5. The third-order valence-electron chi connectivity index (χ3n) is 3.18. The van der Waals surface area contributed by atoms with E-state index in [9.17, 15) is 4.79 Å². The molecule has 1 aliphatic heterocycles. The van der Waals surface area contributed by atoms with Gasteiger partial charge in [0.25, 0.3) is 0 Å². The van der Waals surface area contributed by atoms with E-state index in [0.29, 0.717) is 27.1 Å². The minimum absolute atomic E-state index is 0.147. The first kappa shape index (κ1) is 15.7. The number of hydrogen-bond acceptors (Lipinski definition) is 4. The topological polar surface area (TPSA) is 44.8 Å². The summed E-state index contributed by atoms with van der Waals surface area (Å²) in [7, 11) is 0. The van der Waals surface area contributed by atoms with E-state index in [2.05, 4.69) is 0 Å². The third-order valence-corrected chi connectivity index (χ3v) is 3.74. The molecule has 0 saturated heterocycles. The van der Waals surface area contributed by atoms with Gasteiger partial charge in [-0.15, -0.1) is 0 Å². The Kier molecular flexibility index (Phi) is 4.74. The summed E-state index contributed by atoms with van der Waals surface area (Å²) in [6.45, 7) is 0.358. The molecule has 1 aliphatic rings. The number of benzene rings is 2. The van der Waals surface area contributed by atoms with Crippen molar-refractivity contribution in [3.05, 3.63) is 63.6 Å². The number of ether oxygens (including phenoxy) is 3. The highest BCUT2D eigenvalue weighted by Crippen LogP contribution is 2.32. The minimum Gasteiger partial charge on any atom is -0.458 e. The Hall–Kier alpha value is -2.17. The summed E-state index contributed by atoms with van der Waals surface area (Å²) in [6, 6.07) is 10.4. The zero-order chi connectivity index (χ0) is 16.2. The van der Waals surface area contributed by atoms with E-state index >= 15 is 0 Å². The van der Waals surface area contributed by atoms with E-state index in [0.717, 1.165) is 5.56 Å². The lowest BCUT2D eigenvalue weighted by molar-refractivity contribution is -0.138. The lowest BCUT2D eigenvalue weighted by atomic mass is 10.2. The van der Waals surface area contributed by atoms with Gasteiger partial charge < -0.3 is 14.2 Å². The van der Waals surface area contributed by atoms with Gasteiger partial charge in [-0.2, -0.15) is 0 Å². The molecule has 0 N–H and O–H groups in total. The second-order valence-electron chi connectivity index (χ2n) is 4.79. The van der Waals surface area contributed by atoms with Crippen LogP contribution in [0.25, 0.3) is 6.08 Å². The van der Waals surface area contributed by atoms with Crippen molar-refractivity contribution in [2.45, 2.75) is 6.61 Å². The van der Waals surface area contributed by atoms with Crippen LogP contribution in [0, 0.1) is 0 Å². The van der Waals surface area contributed by atoms with Crippen molar-refractivity contribution in [1.82, 2.24) is 0 Å². The van der Waals surface area contributed by atoms with Gasteiger partial charge in [0.05, 0.1) is 0 Å². The van der Waals surface area contributed by atoms with Crippen LogP contribution in [0.3, 0.4) is 0 Å². The van der Waals surface area contributed by atoms with Crippen LogP contribution in [0.4, 0.5) is 0 Å². The van der Waals surface area contributed by atoms with Crippen LogP contribution in [0.5, 0.6) is 11.5 Å². The van der Waals surface area contributed by atoms with E-state index in [4.69, 9.17) is 37.4 Å². The fourth-order valence-corrected chi connectivity index (χ4v) is 2.50.